The molecule has 0 saturated carbocycles. The standard InChI is InChI=1S/C10H10N2O3S/c1-16(13,14)8-4-2-3-7(5-8)9-6-10(11)15-12-9/h2-6H,11H2,1H3. The van der Waals surface area contributed by atoms with Crippen LogP contribution in [0.5, 0.6) is 0 Å². The lowest BCUT2D eigenvalue weighted by Crippen LogP contribution is -1.96. The van der Waals surface area contributed by atoms with E-state index in [1.807, 2.05) is 0 Å². The van der Waals surface area contributed by atoms with E-state index in [1.165, 1.54) is 12.1 Å². The lowest BCUT2D eigenvalue weighted by Gasteiger charge is -2.00. The molecule has 1 aromatic heterocycles. The molecule has 0 amide bonds. The molecule has 1 heterocycles. The van der Waals surface area contributed by atoms with Crippen molar-refractivity contribution in [3.63, 3.8) is 0 Å². The van der Waals surface area contributed by atoms with Gasteiger partial charge in [0.05, 0.1) is 4.90 Å². The number of nitrogens with two attached hydrogens (primary N) is 1. The van der Waals surface area contributed by atoms with Gasteiger partial charge in [-0.2, -0.15) is 0 Å². The SMILES string of the molecule is CS(=O)(=O)c1cccc(-c2cc(N)on2)c1. The van der Waals surface area contributed by atoms with Crippen molar-refractivity contribution >= 4 is 15.7 Å². The second-order valence-electron chi connectivity index (χ2n) is 3.41. The third kappa shape index (κ3) is 2.06. The highest BCUT2D eigenvalue weighted by Crippen LogP contribution is 2.22. The van der Waals surface area contributed by atoms with Crippen molar-refractivity contribution in [1.82, 2.24) is 5.16 Å². The number of hydrogen-bond acceptors (Lipinski definition) is 5. The van der Waals surface area contributed by atoms with E-state index in [0.29, 0.717) is 11.3 Å². The van der Waals surface area contributed by atoms with Crippen LogP contribution in [0.2, 0.25) is 0 Å². The second-order valence-corrected chi connectivity index (χ2v) is 5.43. The first-order chi connectivity index (χ1) is 7.47. The van der Waals surface area contributed by atoms with E-state index in [-0.39, 0.29) is 10.8 Å². The molecule has 0 aliphatic carbocycles. The van der Waals surface area contributed by atoms with Gasteiger partial charge in [0.25, 0.3) is 0 Å². The first-order valence-electron chi connectivity index (χ1n) is 4.49. The van der Waals surface area contributed by atoms with E-state index in [1.54, 1.807) is 18.2 Å². The summed E-state index contributed by atoms with van der Waals surface area (Å²) in [5, 5.41) is 3.71. The predicted molar refractivity (Wildman–Crippen MR) is 59.5 cm³/mol. The minimum absolute atomic E-state index is 0.194. The number of nitrogen functional groups attached to an aromatic ring is 1. The molecule has 5 nitrogen and oxygen atoms in total. The Morgan fingerprint density at radius 3 is 2.62 bits per heavy atom. The Labute approximate surface area is 92.8 Å². The van der Waals surface area contributed by atoms with Crippen molar-refractivity contribution in [3.8, 4) is 11.3 Å². The van der Waals surface area contributed by atoms with E-state index in [4.69, 9.17) is 10.3 Å². The van der Waals surface area contributed by atoms with Crippen LogP contribution >= 0.6 is 0 Å². The van der Waals surface area contributed by atoms with E-state index >= 15 is 0 Å². The fourth-order valence-electron chi connectivity index (χ4n) is 1.31. The molecule has 2 rings (SSSR count). The van der Waals surface area contributed by atoms with Crippen molar-refractivity contribution in [2.45, 2.75) is 4.90 Å². The predicted octanol–water partition coefficient (Wildman–Crippen LogP) is 1.33. The Kier molecular flexibility index (Phi) is 2.43. The van der Waals surface area contributed by atoms with Gasteiger partial charge in [-0.1, -0.05) is 17.3 Å². The van der Waals surface area contributed by atoms with Crippen molar-refractivity contribution in [1.29, 1.82) is 0 Å². The van der Waals surface area contributed by atoms with Gasteiger partial charge < -0.3 is 10.3 Å². The van der Waals surface area contributed by atoms with Gasteiger partial charge in [-0.05, 0) is 12.1 Å². The first-order valence-corrected chi connectivity index (χ1v) is 6.38. The molecule has 2 N–H and O–H groups in total. The zero-order valence-corrected chi connectivity index (χ0v) is 9.36. The monoisotopic (exact) mass is 238 g/mol. The van der Waals surface area contributed by atoms with Crippen LogP contribution in [0.25, 0.3) is 11.3 Å². The van der Waals surface area contributed by atoms with Gasteiger partial charge in [-0.25, -0.2) is 8.42 Å². The fraction of sp³-hybridized carbons (Fsp3) is 0.100. The van der Waals surface area contributed by atoms with Crippen LogP contribution in [0.15, 0.2) is 39.8 Å². The summed E-state index contributed by atoms with van der Waals surface area (Å²) in [7, 11) is -3.22. The molecule has 0 bridgehead atoms. The minimum atomic E-state index is -3.22. The third-order valence-corrected chi connectivity index (χ3v) is 3.20. The summed E-state index contributed by atoms with van der Waals surface area (Å²) in [5.74, 6) is 0.194. The third-order valence-electron chi connectivity index (χ3n) is 2.09. The van der Waals surface area contributed by atoms with Crippen molar-refractivity contribution in [2.75, 3.05) is 12.0 Å². The number of rotatable bonds is 2. The van der Waals surface area contributed by atoms with E-state index < -0.39 is 9.84 Å². The van der Waals surface area contributed by atoms with Crippen LogP contribution in [0.1, 0.15) is 0 Å². The summed E-state index contributed by atoms with van der Waals surface area (Å²) in [4.78, 5) is 0.242. The maximum Gasteiger partial charge on any atom is 0.222 e. The molecule has 1 aromatic carbocycles. The zero-order valence-electron chi connectivity index (χ0n) is 8.54. The minimum Gasteiger partial charge on any atom is -0.368 e. The quantitative estimate of drug-likeness (QED) is 0.852. The number of benzene rings is 1. The van der Waals surface area contributed by atoms with Crippen LogP contribution < -0.4 is 5.73 Å². The van der Waals surface area contributed by atoms with Gasteiger partial charge in [0.1, 0.15) is 5.69 Å². The maximum absolute atomic E-state index is 11.4. The summed E-state index contributed by atoms with van der Waals surface area (Å²) >= 11 is 0. The molecule has 0 radical (unpaired) electrons. The summed E-state index contributed by atoms with van der Waals surface area (Å²) in [5.41, 5.74) is 6.56. The number of sulfone groups is 1. The Morgan fingerprint density at radius 1 is 1.31 bits per heavy atom. The second kappa shape index (κ2) is 3.64. The summed E-state index contributed by atoms with van der Waals surface area (Å²) in [6, 6.07) is 8.00. The number of hydrogen-bond donors (Lipinski definition) is 1. The molecular weight excluding hydrogens is 228 g/mol. The topological polar surface area (TPSA) is 86.2 Å². The highest BCUT2D eigenvalue weighted by atomic mass is 32.2. The lowest BCUT2D eigenvalue weighted by atomic mass is 10.1. The summed E-state index contributed by atoms with van der Waals surface area (Å²) < 4.78 is 27.4. The molecule has 0 fully saturated rings. The molecule has 0 atom stereocenters. The molecule has 0 unspecified atom stereocenters. The Morgan fingerprint density at radius 2 is 2.06 bits per heavy atom. The van der Waals surface area contributed by atoms with Crippen LogP contribution in [-0.2, 0) is 9.84 Å². The molecule has 0 aliphatic rings. The van der Waals surface area contributed by atoms with Gasteiger partial charge >= 0.3 is 0 Å². The van der Waals surface area contributed by atoms with Crippen LogP contribution in [0.4, 0.5) is 5.88 Å². The average molecular weight is 238 g/mol. The first kappa shape index (κ1) is 10.7. The summed E-state index contributed by atoms with van der Waals surface area (Å²) in [6.07, 6.45) is 1.16. The highest BCUT2D eigenvalue weighted by molar-refractivity contribution is 7.90. The van der Waals surface area contributed by atoms with Crippen LogP contribution in [-0.4, -0.2) is 19.8 Å². The van der Waals surface area contributed by atoms with Gasteiger partial charge in [0.15, 0.2) is 9.84 Å². The molecule has 84 valence electrons. The normalized spacial score (nSPS) is 11.6. The molecule has 16 heavy (non-hydrogen) atoms. The zero-order chi connectivity index (χ0) is 11.8. The molecule has 0 spiro atoms. The van der Waals surface area contributed by atoms with Crippen molar-refractivity contribution in [3.05, 3.63) is 30.3 Å². The molecule has 2 aromatic rings. The largest absolute Gasteiger partial charge is 0.368 e. The number of aromatic nitrogens is 1. The van der Waals surface area contributed by atoms with Crippen LogP contribution in [0.3, 0.4) is 0 Å². The van der Waals surface area contributed by atoms with Gasteiger partial charge in [-0.15, -0.1) is 0 Å². The number of nitrogens with zero attached hydrogens (tertiary/aromatic N) is 1. The van der Waals surface area contributed by atoms with Crippen molar-refractivity contribution < 1.29 is 12.9 Å². The maximum atomic E-state index is 11.4. The van der Waals surface area contributed by atoms with Gasteiger partial charge in [0, 0.05) is 17.9 Å². The van der Waals surface area contributed by atoms with Gasteiger partial charge in [-0.3, -0.25) is 0 Å². The highest BCUT2D eigenvalue weighted by Gasteiger charge is 2.10. The summed E-state index contributed by atoms with van der Waals surface area (Å²) in [6.45, 7) is 0. The van der Waals surface area contributed by atoms with Gasteiger partial charge in [0.2, 0.25) is 5.88 Å². The van der Waals surface area contributed by atoms with Crippen molar-refractivity contribution in [2.24, 2.45) is 0 Å². The Bertz CT molecular complexity index is 616. The Hall–Kier alpha value is -1.82. The lowest BCUT2D eigenvalue weighted by molar-refractivity contribution is 0.439. The molecule has 0 saturated heterocycles. The van der Waals surface area contributed by atoms with E-state index in [9.17, 15) is 8.42 Å². The smallest absolute Gasteiger partial charge is 0.222 e. The van der Waals surface area contributed by atoms with E-state index in [0.717, 1.165) is 6.26 Å². The Balaban J connectivity index is 2.52. The number of anilines is 1. The fourth-order valence-corrected chi connectivity index (χ4v) is 1.98. The molecule has 0 aliphatic heterocycles. The average Bonchev–Trinajstić information content (AvgIpc) is 2.64. The molecular formula is C10H10N2O3S. The van der Waals surface area contributed by atoms with Crippen LogP contribution in [0, 0.1) is 0 Å². The van der Waals surface area contributed by atoms with E-state index in [2.05, 4.69) is 5.16 Å². The molecule has 6 heteroatoms.